The van der Waals surface area contributed by atoms with E-state index < -0.39 is 6.10 Å². The smallest absolute Gasteiger partial charge is 0.270 e. The zero-order chi connectivity index (χ0) is 19.1. The van der Waals surface area contributed by atoms with Crippen molar-refractivity contribution in [2.45, 2.75) is 31.4 Å². The molecule has 2 aliphatic heterocycles. The fraction of sp³-hybridized carbons (Fsp3) is 0.632. The first kappa shape index (κ1) is 19.7. The van der Waals surface area contributed by atoms with Gasteiger partial charge in [0.2, 0.25) is 5.91 Å². The minimum Gasteiger partial charge on any atom is -0.389 e. The molecule has 0 radical (unpaired) electrons. The summed E-state index contributed by atoms with van der Waals surface area (Å²) in [6.45, 7) is 5.07. The van der Waals surface area contributed by atoms with Crippen molar-refractivity contribution in [2.75, 3.05) is 45.9 Å². The molecule has 0 unspecified atom stereocenters. The Labute approximate surface area is 159 Å². The number of nitrogens with one attached hydrogen (secondary N) is 1. The number of likely N-dealkylation sites (tertiary alicyclic amines) is 1. The number of pyridine rings is 1. The Morgan fingerprint density at radius 3 is 2.78 bits per heavy atom. The zero-order valence-corrected chi connectivity index (χ0v) is 15.5. The molecule has 0 bridgehead atoms. The van der Waals surface area contributed by atoms with E-state index in [0.717, 1.165) is 39.3 Å². The number of morpholine rings is 1. The first-order chi connectivity index (χ1) is 13.1. The number of nitrogens with zero attached hydrogens (tertiary/aromatic N) is 3. The van der Waals surface area contributed by atoms with Gasteiger partial charge in [0.05, 0.1) is 25.4 Å². The largest absolute Gasteiger partial charge is 0.389 e. The minimum absolute atomic E-state index is 0.0665. The van der Waals surface area contributed by atoms with Crippen molar-refractivity contribution in [1.29, 1.82) is 0 Å². The maximum absolute atomic E-state index is 12.4. The van der Waals surface area contributed by atoms with Gasteiger partial charge in [-0.25, -0.2) is 0 Å². The van der Waals surface area contributed by atoms with Crippen molar-refractivity contribution in [3.8, 4) is 0 Å². The van der Waals surface area contributed by atoms with Gasteiger partial charge in [-0.2, -0.15) is 0 Å². The number of aliphatic hydroxyl groups excluding tert-OH is 1. The SMILES string of the molecule is O=C(N[C@@H]1CCN(C(=O)CCCN2CCOCC2)C[C@H]1O)c1ccccn1. The highest BCUT2D eigenvalue weighted by Gasteiger charge is 2.31. The molecule has 2 atom stereocenters. The van der Waals surface area contributed by atoms with E-state index in [4.69, 9.17) is 4.74 Å². The number of carbonyl (C=O) groups is 2. The summed E-state index contributed by atoms with van der Waals surface area (Å²) in [7, 11) is 0. The van der Waals surface area contributed by atoms with Crippen molar-refractivity contribution in [1.82, 2.24) is 20.1 Å². The Balaban J connectivity index is 1.39. The van der Waals surface area contributed by atoms with E-state index in [1.54, 1.807) is 29.3 Å². The van der Waals surface area contributed by atoms with Gasteiger partial charge >= 0.3 is 0 Å². The van der Waals surface area contributed by atoms with Gasteiger partial charge in [0.15, 0.2) is 0 Å². The normalized spacial score (nSPS) is 23.8. The molecule has 0 aliphatic carbocycles. The second-order valence-electron chi connectivity index (χ2n) is 7.05. The number of carbonyl (C=O) groups excluding carboxylic acids is 2. The van der Waals surface area contributed by atoms with Crippen LogP contribution in [-0.4, -0.2) is 89.8 Å². The Kier molecular flexibility index (Phi) is 7.14. The average Bonchev–Trinajstić information content (AvgIpc) is 2.71. The Hall–Kier alpha value is -2.03. The zero-order valence-electron chi connectivity index (χ0n) is 15.5. The first-order valence-electron chi connectivity index (χ1n) is 9.61. The van der Waals surface area contributed by atoms with Gasteiger partial charge in [-0.15, -0.1) is 0 Å². The van der Waals surface area contributed by atoms with E-state index in [0.29, 0.717) is 25.1 Å². The van der Waals surface area contributed by atoms with Crippen LogP contribution in [0.5, 0.6) is 0 Å². The lowest BCUT2D eigenvalue weighted by molar-refractivity contribution is -0.135. The maximum Gasteiger partial charge on any atom is 0.270 e. The van der Waals surface area contributed by atoms with Gasteiger partial charge in [-0.05, 0) is 31.5 Å². The Bertz CT molecular complexity index is 621. The topological polar surface area (TPSA) is 95.0 Å². The molecule has 1 aromatic rings. The predicted octanol–water partition coefficient (Wildman–Crippen LogP) is -0.114. The predicted molar refractivity (Wildman–Crippen MR) is 99.2 cm³/mol. The molecule has 0 aromatic carbocycles. The second kappa shape index (κ2) is 9.77. The van der Waals surface area contributed by atoms with Gasteiger partial charge < -0.3 is 20.1 Å². The van der Waals surface area contributed by atoms with Gasteiger partial charge in [-0.1, -0.05) is 6.07 Å². The first-order valence-corrected chi connectivity index (χ1v) is 9.61. The van der Waals surface area contributed by atoms with Gasteiger partial charge in [-0.3, -0.25) is 19.5 Å². The molecule has 1 aromatic heterocycles. The maximum atomic E-state index is 12.4. The molecule has 8 nitrogen and oxygen atoms in total. The number of hydrogen-bond donors (Lipinski definition) is 2. The molecule has 27 heavy (non-hydrogen) atoms. The Morgan fingerprint density at radius 1 is 1.26 bits per heavy atom. The molecular weight excluding hydrogens is 348 g/mol. The number of aromatic nitrogens is 1. The van der Waals surface area contributed by atoms with E-state index in [9.17, 15) is 14.7 Å². The summed E-state index contributed by atoms with van der Waals surface area (Å²) in [6.07, 6.45) is 2.62. The highest BCUT2D eigenvalue weighted by Crippen LogP contribution is 2.14. The number of hydrogen-bond acceptors (Lipinski definition) is 6. The molecule has 3 rings (SSSR count). The summed E-state index contributed by atoms with van der Waals surface area (Å²) in [5.74, 6) is -0.234. The summed E-state index contributed by atoms with van der Waals surface area (Å²) in [5, 5.41) is 13.2. The number of piperidine rings is 1. The molecule has 148 valence electrons. The van der Waals surface area contributed by atoms with Crippen LogP contribution in [-0.2, 0) is 9.53 Å². The number of rotatable bonds is 6. The van der Waals surface area contributed by atoms with Crippen molar-refractivity contribution in [3.05, 3.63) is 30.1 Å². The van der Waals surface area contributed by atoms with Crippen LogP contribution in [0.15, 0.2) is 24.4 Å². The van der Waals surface area contributed by atoms with Crippen LogP contribution in [0.4, 0.5) is 0 Å². The molecule has 0 spiro atoms. The van der Waals surface area contributed by atoms with Gasteiger partial charge in [0, 0.05) is 38.8 Å². The fourth-order valence-corrected chi connectivity index (χ4v) is 3.50. The molecule has 3 heterocycles. The van der Waals surface area contributed by atoms with Crippen LogP contribution in [0.25, 0.3) is 0 Å². The molecule has 2 saturated heterocycles. The molecule has 0 saturated carbocycles. The van der Waals surface area contributed by atoms with Crippen LogP contribution in [0.3, 0.4) is 0 Å². The third kappa shape index (κ3) is 5.72. The van der Waals surface area contributed by atoms with E-state index in [2.05, 4.69) is 15.2 Å². The summed E-state index contributed by atoms with van der Waals surface area (Å²) in [5.41, 5.74) is 0.325. The molecular formula is C19H28N4O4. The number of β-amino-alcohol motifs (C(OH)–C–C–N with tert-alkyl or cyclic N) is 1. The van der Waals surface area contributed by atoms with E-state index in [1.807, 2.05) is 0 Å². The fourth-order valence-electron chi connectivity index (χ4n) is 3.50. The standard InChI is InChI=1S/C19H28N4O4/c24-17-14-23(18(25)5-3-8-22-10-12-27-13-11-22)9-6-15(17)21-19(26)16-4-1-2-7-20-16/h1-2,4,7,15,17,24H,3,5-6,8-14H2,(H,21,26)/t15-,17-/m1/s1. The molecule has 2 fully saturated rings. The summed E-state index contributed by atoms with van der Waals surface area (Å²) in [6, 6.07) is 4.76. The molecule has 8 heteroatoms. The summed E-state index contributed by atoms with van der Waals surface area (Å²) >= 11 is 0. The molecule has 2 aliphatic rings. The highest BCUT2D eigenvalue weighted by molar-refractivity contribution is 5.92. The third-order valence-electron chi connectivity index (χ3n) is 5.12. The molecule has 2 amide bonds. The lowest BCUT2D eigenvalue weighted by Crippen LogP contribution is -2.55. The summed E-state index contributed by atoms with van der Waals surface area (Å²) in [4.78, 5) is 32.6. The lowest BCUT2D eigenvalue weighted by atomic mass is 10.0. The lowest BCUT2D eigenvalue weighted by Gasteiger charge is -2.36. The van der Waals surface area contributed by atoms with Crippen LogP contribution < -0.4 is 5.32 Å². The quantitative estimate of drug-likeness (QED) is 0.719. The van der Waals surface area contributed by atoms with Gasteiger partial charge in [0.25, 0.3) is 5.91 Å². The monoisotopic (exact) mass is 376 g/mol. The molecule has 2 N–H and O–H groups in total. The van der Waals surface area contributed by atoms with Crippen LogP contribution >= 0.6 is 0 Å². The number of aliphatic hydroxyl groups is 1. The third-order valence-corrected chi connectivity index (χ3v) is 5.12. The van der Waals surface area contributed by atoms with Crippen molar-refractivity contribution < 1.29 is 19.4 Å². The van der Waals surface area contributed by atoms with Crippen LogP contribution in [0.1, 0.15) is 29.8 Å². The van der Waals surface area contributed by atoms with E-state index in [-0.39, 0.29) is 24.4 Å². The summed E-state index contributed by atoms with van der Waals surface area (Å²) < 4.78 is 5.32. The van der Waals surface area contributed by atoms with Crippen LogP contribution in [0.2, 0.25) is 0 Å². The van der Waals surface area contributed by atoms with E-state index in [1.165, 1.54) is 0 Å². The van der Waals surface area contributed by atoms with E-state index >= 15 is 0 Å². The highest BCUT2D eigenvalue weighted by atomic mass is 16.5. The van der Waals surface area contributed by atoms with Crippen molar-refractivity contribution in [3.63, 3.8) is 0 Å². The number of ether oxygens (including phenoxy) is 1. The van der Waals surface area contributed by atoms with Crippen LogP contribution in [0, 0.1) is 0 Å². The number of amides is 2. The van der Waals surface area contributed by atoms with Crippen molar-refractivity contribution in [2.24, 2.45) is 0 Å². The minimum atomic E-state index is -0.769. The van der Waals surface area contributed by atoms with Crippen molar-refractivity contribution >= 4 is 11.8 Å². The Morgan fingerprint density at radius 2 is 2.07 bits per heavy atom. The second-order valence-corrected chi connectivity index (χ2v) is 7.05. The van der Waals surface area contributed by atoms with Gasteiger partial charge in [0.1, 0.15) is 5.69 Å². The average molecular weight is 376 g/mol.